The number of carbonyl (C=O) groups is 1. The van der Waals surface area contributed by atoms with Gasteiger partial charge in [-0.05, 0) is 13.8 Å². The Morgan fingerprint density at radius 2 is 2.50 bits per heavy atom. The Hall–Kier alpha value is -0.600. The van der Waals surface area contributed by atoms with Crippen molar-refractivity contribution in [2.45, 2.75) is 13.1 Å². The Kier molecular flexibility index (Phi) is 3.15. The van der Waals surface area contributed by atoms with Gasteiger partial charge in [0.25, 0.3) is 0 Å². The standard InChI is InChI=1S/C5H8FO2/c1-3-8-5(7)4(2)6/h4H,2-3H2,1H3. The van der Waals surface area contributed by atoms with Gasteiger partial charge in [0, 0.05) is 0 Å². The molecule has 0 aromatic carbocycles. The summed E-state index contributed by atoms with van der Waals surface area (Å²) in [5.74, 6) is -0.896. The smallest absolute Gasteiger partial charge is 0.340 e. The van der Waals surface area contributed by atoms with Gasteiger partial charge in [0.2, 0.25) is 0 Å². The zero-order valence-electron chi connectivity index (χ0n) is 4.69. The second-order valence-electron chi connectivity index (χ2n) is 1.22. The van der Waals surface area contributed by atoms with Gasteiger partial charge in [0.15, 0.2) is 6.17 Å². The van der Waals surface area contributed by atoms with Crippen molar-refractivity contribution in [1.82, 2.24) is 0 Å². The molecule has 0 rings (SSSR count). The molecule has 0 spiro atoms. The Labute approximate surface area is 47.6 Å². The summed E-state index contributed by atoms with van der Waals surface area (Å²) in [5, 5.41) is 0. The van der Waals surface area contributed by atoms with Crippen molar-refractivity contribution in [3.8, 4) is 0 Å². The number of carbonyl (C=O) groups excluding carboxylic acids is 1. The SMILES string of the molecule is [CH2]C(F)C(=O)OCC. The molecule has 8 heavy (non-hydrogen) atoms. The third-order valence-electron chi connectivity index (χ3n) is 0.542. The van der Waals surface area contributed by atoms with Crippen LogP contribution in [0.5, 0.6) is 0 Å². The molecule has 0 aliphatic heterocycles. The van der Waals surface area contributed by atoms with Gasteiger partial charge in [-0.2, -0.15) is 0 Å². The van der Waals surface area contributed by atoms with Crippen LogP contribution < -0.4 is 0 Å². The van der Waals surface area contributed by atoms with Crippen molar-refractivity contribution < 1.29 is 13.9 Å². The zero-order chi connectivity index (χ0) is 6.57. The third-order valence-corrected chi connectivity index (χ3v) is 0.542. The average Bonchev–Trinajstić information content (AvgIpc) is 1.67. The number of hydrogen-bond donors (Lipinski definition) is 0. The minimum absolute atomic E-state index is 0.203. The maximum Gasteiger partial charge on any atom is 0.340 e. The molecule has 0 bridgehead atoms. The molecule has 0 saturated carbocycles. The van der Waals surface area contributed by atoms with E-state index in [9.17, 15) is 9.18 Å². The largest absolute Gasteiger partial charge is 0.464 e. The fraction of sp³-hybridized carbons (Fsp3) is 0.600. The van der Waals surface area contributed by atoms with Gasteiger partial charge >= 0.3 is 5.97 Å². The lowest BCUT2D eigenvalue weighted by atomic mass is 10.5. The summed E-state index contributed by atoms with van der Waals surface area (Å²) >= 11 is 0. The van der Waals surface area contributed by atoms with Crippen LogP contribution in [0.25, 0.3) is 0 Å². The molecule has 0 heterocycles. The van der Waals surface area contributed by atoms with Crippen LogP contribution in [0.1, 0.15) is 6.92 Å². The van der Waals surface area contributed by atoms with Gasteiger partial charge in [0.05, 0.1) is 6.61 Å². The van der Waals surface area contributed by atoms with E-state index in [2.05, 4.69) is 11.7 Å². The number of rotatable bonds is 2. The first-order valence-electron chi connectivity index (χ1n) is 2.32. The maximum absolute atomic E-state index is 11.7. The molecule has 0 aliphatic carbocycles. The topological polar surface area (TPSA) is 26.3 Å². The molecule has 0 aliphatic rings. The first kappa shape index (κ1) is 7.40. The van der Waals surface area contributed by atoms with Crippen molar-refractivity contribution in [1.29, 1.82) is 0 Å². The van der Waals surface area contributed by atoms with Crippen LogP contribution in [0.2, 0.25) is 0 Å². The quantitative estimate of drug-likeness (QED) is 0.501. The minimum Gasteiger partial charge on any atom is -0.464 e. The predicted molar refractivity (Wildman–Crippen MR) is 26.9 cm³/mol. The summed E-state index contributed by atoms with van der Waals surface area (Å²) in [4.78, 5) is 10.1. The molecule has 1 radical (unpaired) electrons. The lowest BCUT2D eigenvalue weighted by molar-refractivity contribution is -0.147. The van der Waals surface area contributed by atoms with E-state index in [0.29, 0.717) is 0 Å². The van der Waals surface area contributed by atoms with E-state index in [1.807, 2.05) is 0 Å². The molecular formula is C5H8FO2. The monoisotopic (exact) mass is 119 g/mol. The van der Waals surface area contributed by atoms with Gasteiger partial charge in [0.1, 0.15) is 0 Å². The van der Waals surface area contributed by atoms with Gasteiger partial charge in [-0.3, -0.25) is 0 Å². The lowest BCUT2D eigenvalue weighted by Crippen LogP contribution is -2.14. The van der Waals surface area contributed by atoms with Crippen LogP contribution in [-0.2, 0) is 9.53 Å². The number of alkyl halides is 1. The molecule has 1 unspecified atom stereocenters. The minimum atomic E-state index is -1.74. The van der Waals surface area contributed by atoms with E-state index in [1.54, 1.807) is 6.92 Å². The van der Waals surface area contributed by atoms with E-state index in [0.717, 1.165) is 0 Å². The number of halogens is 1. The van der Waals surface area contributed by atoms with Crippen LogP contribution in [0, 0.1) is 6.92 Å². The first-order valence-corrected chi connectivity index (χ1v) is 2.32. The van der Waals surface area contributed by atoms with E-state index in [-0.39, 0.29) is 6.61 Å². The molecule has 2 nitrogen and oxygen atoms in total. The molecule has 3 heteroatoms. The van der Waals surface area contributed by atoms with Gasteiger partial charge in [-0.25, -0.2) is 9.18 Å². The Morgan fingerprint density at radius 3 is 2.62 bits per heavy atom. The summed E-state index contributed by atoms with van der Waals surface area (Å²) in [6.07, 6.45) is -1.74. The van der Waals surface area contributed by atoms with Crippen LogP contribution in [0.3, 0.4) is 0 Å². The van der Waals surface area contributed by atoms with E-state index in [1.165, 1.54) is 0 Å². The normalized spacial score (nSPS) is 12.9. The highest BCUT2D eigenvalue weighted by molar-refractivity contribution is 5.75. The van der Waals surface area contributed by atoms with Gasteiger partial charge in [-0.15, -0.1) is 0 Å². The molecule has 0 aromatic heterocycles. The average molecular weight is 119 g/mol. The molecule has 0 N–H and O–H groups in total. The van der Waals surface area contributed by atoms with Crippen LogP contribution in [0.4, 0.5) is 4.39 Å². The molecule has 1 atom stereocenters. The highest BCUT2D eigenvalue weighted by atomic mass is 19.1. The predicted octanol–water partition coefficient (Wildman–Crippen LogP) is 0.722. The number of ether oxygens (including phenoxy) is 1. The van der Waals surface area contributed by atoms with Crippen molar-refractivity contribution in [3.63, 3.8) is 0 Å². The van der Waals surface area contributed by atoms with Gasteiger partial charge < -0.3 is 4.74 Å². The van der Waals surface area contributed by atoms with Gasteiger partial charge in [-0.1, -0.05) is 0 Å². The summed E-state index contributed by atoms with van der Waals surface area (Å²) in [6.45, 7) is 4.63. The van der Waals surface area contributed by atoms with E-state index < -0.39 is 12.1 Å². The highest BCUT2D eigenvalue weighted by Gasteiger charge is 2.09. The van der Waals surface area contributed by atoms with E-state index in [4.69, 9.17) is 0 Å². The fourth-order valence-electron chi connectivity index (χ4n) is 0.233. The Morgan fingerprint density at radius 1 is 2.00 bits per heavy atom. The zero-order valence-corrected chi connectivity index (χ0v) is 4.69. The Bertz CT molecular complexity index is 80.5. The van der Waals surface area contributed by atoms with Crippen molar-refractivity contribution in [3.05, 3.63) is 6.92 Å². The lowest BCUT2D eigenvalue weighted by Gasteiger charge is -1.98. The number of esters is 1. The summed E-state index contributed by atoms with van der Waals surface area (Å²) in [6, 6.07) is 0. The van der Waals surface area contributed by atoms with Crippen LogP contribution in [0.15, 0.2) is 0 Å². The molecule has 0 fully saturated rings. The van der Waals surface area contributed by atoms with Crippen molar-refractivity contribution in [2.75, 3.05) is 6.61 Å². The molecule has 0 amide bonds. The maximum atomic E-state index is 11.7. The van der Waals surface area contributed by atoms with Crippen molar-refractivity contribution in [2.24, 2.45) is 0 Å². The summed E-state index contributed by atoms with van der Waals surface area (Å²) in [5.41, 5.74) is 0. The highest BCUT2D eigenvalue weighted by Crippen LogP contribution is 1.90. The first-order chi connectivity index (χ1) is 3.68. The summed E-state index contributed by atoms with van der Waals surface area (Å²) in [7, 11) is 0. The summed E-state index contributed by atoms with van der Waals surface area (Å²) < 4.78 is 15.9. The third kappa shape index (κ3) is 2.55. The second-order valence-corrected chi connectivity index (χ2v) is 1.22. The van der Waals surface area contributed by atoms with Crippen LogP contribution in [-0.4, -0.2) is 18.7 Å². The molecular weight excluding hydrogens is 111 g/mol. The van der Waals surface area contributed by atoms with E-state index >= 15 is 0 Å². The molecule has 47 valence electrons. The second kappa shape index (κ2) is 3.41. The van der Waals surface area contributed by atoms with Crippen molar-refractivity contribution >= 4 is 5.97 Å². The molecule has 0 saturated heterocycles. The Balaban J connectivity index is 3.33. The molecule has 0 aromatic rings. The number of hydrogen-bond acceptors (Lipinski definition) is 2. The van der Waals surface area contributed by atoms with Crippen LogP contribution >= 0.6 is 0 Å². The fourth-order valence-corrected chi connectivity index (χ4v) is 0.233.